The Morgan fingerprint density at radius 2 is 2.00 bits per heavy atom. The quantitative estimate of drug-likeness (QED) is 0.778. The van der Waals surface area contributed by atoms with E-state index in [1.807, 2.05) is 0 Å². The third kappa shape index (κ3) is 2.39. The molecule has 0 aliphatic heterocycles. The predicted octanol–water partition coefficient (Wildman–Crippen LogP) is 0.809. The van der Waals surface area contributed by atoms with Gasteiger partial charge in [-0.15, -0.1) is 11.3 Å². The number of sulfonamides is 1. The number of thiazole rings is 1. The van der Waals surface area contributed by atoms with Crippen LogP contribution in [-0.4, -0.2) is 13.4 Å². The van der Waals surface area contributed by atoms with Crippen LogP contribution < -0.4 is 5.14 Å². The van der Waals surface area contributed by atoms with Crippen LogP contribution in [0.4, 0.5) is 13.2 Å². The fraction of sp³-hybridized carbons (Fsp3) is 0.250. The third-order valence-electron chi connectivity index (χ3n) is 1.02. The Morgan fingerprint density at radius 3 is 2.23 bits per heavy atom. The van der Waals surface area contributed by atoms with Gasteiger partial charge >= 0.3 is 6.18 Å². The maximum atomic E-state index is 11.9. The van der Waals surface area contributed by atoms with Crippen molar-refractivity contribution >= 4 is 21.4 Å². The van der Waals surface area contributed by atoms with E-state index in [1.54, 1.807) is 0 Å². The molecule has 4 nitrogen and oxygen atoms in total. The Labute approximate surface area is 75.3 Å². The van der Waals surface area contributed by atoms with Gasteiger partial charge in [-0.1, -0.05) is 0 Å². The standard InChI is InChI=1S/C4H3F3N2O2S2/c5-4(6,7)2-1-12-3(9-2)13(8,10)11/h1H,(H2,8,10,11). The van der Waals surface area contributed by atoms with Crippen molar-refractivity contribution in [2.75, 3.05) is 0 Å². The van der Waals surface area contributed by atoms with Gasteiger partial charge in [0, 0.05) is 5.38 Å². The molecule has 0 unspecified atom stereocenters. The molecular weight excluding hydrogens is 229 g/mol. The van der Waals surface area contributed by atoms with Crippen LogP contribution in [0, 0.1) is 0 Å². The molecule has 0 spiro atoms. The minimum absolute atomic E-state index is 0.339. The van der Waals surface area contributed by atoms with E-state index in [0.29, 0.717) is 16.7 Å². The van der Waals surface area contributed by atoms with Crippen LogP contribution in [-0.2, 0) is 16.2 Å². The molecule has 2 N–H and O–H groups in total. The average Bonchev–Trinajstić information content (AvgIpc) is 2.28. The van der Waals surface area contributed by atoms with E-state index in [-0.39, 0.29) is 0 Å². The summed E-state index contributed by atoms with van der Waals surface area (Å²) in [6.45, 7) is 0. The van der Waals surface area contributed by atoms with Crippen LogP contribution in [0.5, 0.6) is 0 Å². The summed E-state index contributed by atoms with van der Waals surface area (Å²) in [5.74, 6) is 0. The zero-order valence-electron chi connectivity index (χ0n) is 5.87. The topological polar surface area (TPSA) is 73.1 Å². The first-order valence-corrected chi connectivity index (χ1v) is 5.19. The second kappa shape index (κ2) is 2.93. The van der Waals surface area contributed by atoms with Gasteiger partial charge in [-0.2, -0.15) is 13.2 Å². The van der Waals surface area contributed by atoms with Gasteiger partial charge in [-0.25, -0.2) is 18.5 Å². The van der Waals surface area contributed by atoms with E-state index in [2.05, 4.69) is 10.1 Å². The number of primary sulfonamides is 1. The monoisotopic (exact) mass is 232 g/mol. The molecule has 0 aliphatic carbocycles. The summed E-state index contributed by atoms with van der Waals surface area (Å²) in [6, 6.07) is 0. The van der Waals surface area contributed by atoms with Gasteiger partial charge in [0.2, 0.25) is 4.34 Å². The molecular formula is C4H3F3N2O2S2. The summed E-state index contributed by atoms with van der Waals surface area (Å²) >= 11 is 0.339. The first kappa shape index (κ1) is 10.4. The first-order valence-electron chi connectivity index (χ1n) is 2.77. The molecule has 13 heavy (non-hydrogen) atoms. The maximum absolute atomic E-state index is 11.9. The van der Waals surface area contributed by atoms with E-state index in [1.165, 1.54) is 0 Å². The van der Waals surface area contributed by atoms with Crippen molar-refractivity contribution in [1.82, 2.24) is 4.98 Å². The van der Waals surface area contributed by atoms with Crippen LogP contribution in [0.15, 0.2) is 9.72 Å². The van der Waals surface area contributed by atoms with Gasteiger partial charge in [-0.05, 0) is 0 Å². The molecule has 0 amide bonds. The van der Waals surface area contributed by atoms with E-state index in [9.17, 15) is 21.6 Å². The third-order valence-corrected chi connectivity index (χ3v) is 3.21. The highest BCUT2D eigenvalue weighted by Crippen LogP contribution is 2.30. The van der Waals surface area contributed by atoms with Gasteiger partial charge in [0.25, 0.3) is 10.0 Å². The summed E-state index contributed by atoms with van der Waals surface area (Å²) in [4.78, 5) is 2.83. The van der Waals surface area contributed by atoms with Gasteiger partial charge < -0.3 is 0 Å². The SMILES string of the molecule is NS(=O)(=O)c1nc(C(F)(F)F)cs1. The molecule has 0 saturated heterocycles. The molecule has 1 aromatic heterocycles. The molecule has 0 bridgehead atoms. The lowest BCUT2D eigenvalue weighted by atomic mass is 10.5. The molecule has 1 rings (SSSR count). The number of rotatable bonds is 1. The number of alkyl halides is 3. The number of hydrogen-bond acceptors (Lipinski definition) is 4. The second-order valence-electron chi connectivity index (χ2n) is 2.04. The molecule has 0 aliphatic rings. The maximum Gasteiger partial charge on any atom is 0.434 e. The Balaban J connectivity index is 3.16. The van der Waals surface area contributed by atoms with Gasteiger partial charge in [-0.3, -0.25) is 0 Å². The minimum atomic E-state index is -4.64. The largest absolute Gasteiger partial charge is 0.434 e. The van der Waals surface area contributed by atoms with Crippen molar-refractivity contribution < 1.29 is 21.6 Å². The second-order valence-corrected chi connectivity index (χ2v) is 4.63. The predicted molar refractivity (Wildman–Crippen MR) is 38.5 cm³/mol. The molecule has 0 fully saturated rings. The van der Waals surface area contributed by atoms with E-state index >= 15 is 0 Å². The summed E-state index contributed by atoms with van der Waals surface area (Å²) in [6.07, 6.45) is -4.64. The van der Waals surface area contributed by atoms with Crippen molar-refractivity contribution in [2.45, 2.75) is 10.5 Å². The molecule has 1 aromatic rings. The molecule has 0 radical (unpaired) electrons. The highest BCUT2D eigenvalue weighted by Gasteiger charge is 2.34. The fourth-order valence-corrected chi connectivity index (χ4v) is 1.97. The lowest BCUT2D eigenvalue weighted by Gasteiger charge is -1.99. The highest BCUT2D eigenvalue weighted by molar-refractivity contribution is 7.91. The van der Waals surface area contributed by atoms with Crippen LogP contribution in [0.25, 0.3) is 0 Å². The molecule has 9 heteroatoms. The van der Waals surface area contributed by atoms with Gasteiger partial charge in [0.1, 0.15) is 0 Å². The average molecular weight is 232 g/mol. The van der Waals surface area contributed by atoms with Crippen LogP contribution in [0.3, 0.4) is 0 Å². The number of hydrogen-bond donors (Lipinski definition) is 1. The van der Waals surface area contributed by atoms with Crippen LogP contribution in [0.2, 0.25) is 0 Å². The summed E-state index contributed by atoms with van der Waals surface area (Å²) in [7, 11) is -4.13. The minimum Gasteiger partial charge on any atom is -0.223 e. The number of aromatic nitrogens is 1. The Kier molecular flexibility index (Phi) is 2.34. The van der Waals surface area contributed by atoms with Crippen molar-refractivity contribution in [3.05, 3.63) is 11.1 Å². The Hall–Kier alpha value is -0.670. The molecule has 74 valence electrons. The van der Waals surface area contributed by atoms with E-state index < -0.39 is 26.2 Å². The highest BCUT2D eigenvalue weighted by atomic mass is 32.2. The summed E-state index contributed by atoms with van der Waals surface area (Å²) < 4.78 is 56.0. The summed E-state index contributed by atoms with van der Waals surface area (Å²) in [5.41, 5.74) is -1.25. The van der Waals surface area contributed by atoms with Gasteiger partial charge in [0.05, 0.1) is 0 Å². The Bertz CT molecular complexity index is 407. The number of nitrogens with zero attached hydrogens (tertiary/aromatic N) is 1. The van der Waals surface area contributed by atoms with Gasteiger partial charge in [0.15, 0.2) is 5.69 Å². The molecule has 0 saturated carbocycles. The molecule has 0 atom stereocenters. The zero-order valence-corrected chi connectivity index (χ0v) is 7.50. The van der Waals surface area contributed by atoms with Crippen molar-refractivity contribution in [1.29, 1.82) is 0 Å². The van der Waals surface area contributed by atoms with Crippen LogP contribution >= 0.6 is 11.3 Å². The molecule has 0 aromatic carbocycles. The lowest BCUT2D eigenvalue weighted by molar-refractivity contribution is -0.141. The first-order chi connectivity index (χ1) is 5.71. The Morgan fingerprint density at radius 1 is 1.46 bits per heavy atom. The summed E-state index contributed by atoms with van der Waals surface area (Å²) in [5, 5.41) is 5.16. The van der Waals surface area contributed by atoms with Crippen molar-refractivity contribution in [3.63, 3.8) is 0 Å². The molecule has 1 heterocycles. The van der Waals surface area contributed by atoms with E-state index in [0.717, 1.165) is 0 Å². The zero-order chi connectivity index (χ0) is 10.3. The van der Waals surface area contributed by atoms with Crippen molar-refractivity contribution in [3.8, 4) is 0 Å². The fourth-order valence-electron chi connectivity index (χ4n) is 0.518. The number of nitrogens with two attached hydrogens (primary N) is 1. The van der Waals surface area contributed by atoms with Crippen LogP contribution in [0.1, 0.15) is 5.69 Å². The smallest absolute Gasteiger partial charge is 0.223 e. The van der Waals surface area contributed by atoms with Crippen molar-refractivity contribution in [2.24, 2.45) is 5.14 Å². The lowest BCUT2D eigenvalue weighted by Crippen LogP contribution is -2.13. The van der Waals surface area contributed by atoms with E-state index in [4.69, 9.17) is 0 Å². The normalized spacial score (nSPS) is 13.2. The number of halogens is 3.